The number of carbonyl (C=O) groups excluding carboxylic acids is 1. The van der Waals surface area contributed by atoms with Crippen LogP contribution >= 0.6 is 0 Å². The van der Waals surface area contributed by atoms with Crippen LogP contribution in [-0.2, 0) is 4.79 Å². The predicted molar refractivity (Wildman–Crippen MR) is 104 cm³/mol. The molecule has 0 spiro atoms. The summed E-state index contributed by atoms with van der Waals surface area (Å²) in [5.74, 6) is 1.08. The van der Waals surface area contributed by atoms with Crippen LogP contribution in [-0.4, -0.2) is 73.0 Å². The van der Waals surface area contributed by atoms with Gasteiger partial charge in [0, 0.05) is 38.1 Å². The minimum absolute atomic E-state index is 0.0775. The topological polar surface area (TPSA) is 60.0 Å². The molecule has 1 amide bonds. The van der Waals surface area contributed by atoms with E-state index in [0.29, 0.717) is 13.0 Å². The molecule has 0 saturated carbocycles. The van der Waals surface area contributed by atoms with Crippen LogP contribution in [0.25, 0.3) is 0 Å². The van der Waals surface area contributed by atoms with Crippen molar-refractivity contribution in [3.8, 4) is 0 Å². The lowest BCUT2D eigenvalue weighted by Gasteiger charge is -2.40. The van der Waals surface area contributed by atoms with Crippen LogP contribution in [0.1, 0.15) is 59.3 Å². The molecule has 0 aromatic rings. The normalized spacial score (nSPS) is 20.0. The van der Waals surface area contributed by atoms with Crippen molar-refractivity contribution >= 4 is 11.9 Å². The van der Waals surface area contributed by atoms with Gasteiger partial charge in [0.25, 0.3) is 0 Å². The van der Waals surface area contributed by atoms with Crippen molar-refractivity contribution in [2.75, 3.05) is 45.8 Å². The lowest BCUT2D eigenvalue weighted by Crippen LogP contribution is -2.49. The van der Waals surface area contributed by atoms with Gasteiger partial charge in [0.05, 0.1) is 6.54 Å². The second kappa shape index (κ2) is 10.00. The summed E-state index contributed by atoms with van der Waals surface area (Å²) in [5, 5.41) is 6.62. The van der Waals surface area contributed by atoms with Crippen LogP contribution in [0.15, 0.2) is 4.99 Å². The third-order valence-corrected chi connectivity index (χ3v) is 5.27. The highest BCUT2D eigenvalue weighted by Gasteiger charge is 2.27. The molecule has 0 aromatic carbocycles. The Morgan fingerprint density at radius 2 is 1.64 bits per heavy atom. The zero-order valence-electron chi connectivity index (χ0n) is 16.4. The number of guanidine groups is 1. The number of nitrogens with zero attached hydrogens (tertiary/aromatic N) is 3. The zero-order chi connectivity index (χ0) is 18.1. The quantitative estimate of drug-likeness (QED) is 0.543. The van der Waals surface area contributed by atoms with Gasteiger partial charge in [0.1, 0.15) is 0 Å². The van der Waals surface area contributed by atoms with E-state index in [-0.39, 0.29) is 11.4 Å². The van der Waals surface area contributed by atoms with E-state index in [1.165, 1.54) is 32.4 Å². The Bertz CT molecular complexity index is 437. The monoisotopic (exact) mass is 351 g/mol. The predicted octanol–water partition coefficient (Wildman–Crippen LogP) is 1.82. The van der Waals surface area contributed by atoms with Crippen molar-refractivity contribution in [1.82, 2.24) is 20.4 Å². The molecule has 6 heteroatoms. The highest BCUT2D eigenvalue weighted by atomic mass is 16.2. The summed E-state index contributed by atoms with van der Waals surface area (Å²) in [6.45, 7) is 13.1. The third kappa shape index (κ3) is 6.49. The molecule has 0 radical (unpaired) electrons. The molecule has 0 aromatic heterocycles. The van der Waals surface area contributed by atoms with Gasteiger partial charge in [-0.1, -0.05) is 6.42 Å². The van der Waals surface area contributed by atoms with Gasteiger partial charge in [-0.05, 0) is 59.5 Å². The molecule has 0 aliphatic carbocycles. The lowest BCUT2D eigenvalue weighted by atomic mass is 9.99. The Labute approximate surface area is 153 Å². The Balaban J connectivity index is 1.79. The maximum Gasteiger partial charge on any atom is 0.224 e. The van der Waals surface area contributed by atoms with E-state index in [0.717, 1.165) is 45.0 Å². The van der Waals surface area contributed by atoms with Gasteiger partial charge in [-0.3, -0.25) is 14.7 Å². The van der Waals surface area contributed by atoms with E-state index in [1.54, 1.807) is 0 Å². The van der Waals surface area contributed by atoms with Crippen LogP contribution in [0, 0.1) is 0 Å². The maximum atomic E-state index is 12.1. The molecule has 2 aliphatic heterocycles. The molecule has 2 heterocycles. The van der Waals surface area contributed by atoms with Gasteiger partial charge in [0.15, 0.2) is 5.96 Å². The lowest BCUT2D eigenvalue weighted by molar-refractivity contribution is -0.129. The summed E-state index contributed by atoms with van der Waals surface area (Å²) in [5.41, 5.74) is 0.0775. The number of nitrogens with one attached hydrogen (secondary N) is 2. The Kier molecular flexibility index (Phi) is 8.00. The zero-order valence-corrected chi connectivity index (χ0v) is 16.4. The summed E-state index contributed by atoms with van der Waals surface area (Å²) in [7, 11) is 0. The molecule has 0 bridgehead atoms. The van der Waals surface area contributed by atoms with Crippen LogP contribution in [0.5, 0.6) is 0 Å². The highest BCUT2D eigenvalue weighted by molar-refractivity contribution is 5.81. The molecule has 2 rings (SSSR count). The molecule has 0 unspecified atom stereocenters. The van der Waals surface area contributed by atoms with Crippen molar-refractivity contribution < 1.29 is 4.79 Å². The van der Waals surface area contributed by atoms with E-state index >= 15 is 0 Å². The fraction of sp³-hybridized carbons (Fsp3) is 0.895. The van der Waals surface area contributed by atoms with Crippen LogP contribution in [0.2, 0.25) is 0 Å². The smallest absolute Gasteiger partial charge is 0.224 e. The molecule has 2 N–H and O–H groups in total. The average Bonchev–Trinajstić information content (AvgIpc) is 3.15. The number of rotatable bonds is 7. The summed E-state index contributed by atoms with van der Waals surface area (Å²) in [6.07, 6.45) is 6.78. The minimum Gasteiger partial charge on any atom is -0.357 e. The van der Waals surface area contributed by atoms with E-state index in [4.69, 9.17) is 4.99 Å². The van der Waals surface area contributed by atoms with E-state index in [2.05, 4.69) is 36.3 Å². The first kappa shape index (κ1) is 20.0. The van der Waals surface area contributed by atoms with E-state index in [1.807, 2.05) is 4.90 Å². The maximum absolute atomic E-state index is 12.1. The van der Waals surface area contributed by atoms with Gasteiger partial charge < -0.3 is 15.5 Å². The fourth-order valence-corrected chi connectivity index (χ4v) is 3.63. The number of amides is 1. The summed E-state index contributed by atoms with van der Waals surface area (Å²) in [6, 6.07) is 0. The standard InChI is InChI=1S/C19H37N5O/c1-4-20-18(21-11-10-17(25)23-12-8-9-13-23)22-16-19(2,3)24-14-6-5-7-15-24/h4-16H2,1-3H3,(H2,20,21,22). The molecule has 2 saturated heterocycles. The summed E-state index contributed by atoms with van der Waals surface area (Å²) < 4.78 is 0. The molecule has 2 aliphatic rings. The van der Waals surface area contributed by atoms with Gasteiger partial charge in [-0.15, -0.1) is 0 Å². The van der Waals surface area contributed by atoms with Crippen molar-refractivity contribution in [2.45, 2.75) is 64.8 Å². The molecule has 0 atom stereocenters. The first-order valence-corrected chi connectivity index (χ1v) is 10.1. The van der Waals surface area contributed by atoms with Gasteiger partial charge in [-0.2, -0.15) is 0 Å². The Morgan fingerprint density at radius 1 is 1.00 bits per heavy atom. The first-order valence-electron chi connectivity index (χ1n) is 10.1. The number of likely N-dealkylation sites (tertiary alicyclic amines) is 2. The Morgan fingerprint density at radius 3 is 2.28 bits per heavy atom. The number of hydrogen-bond donors (Lipinski definition) is 2. The number of hydrogen-bond acceptors (Lipinski definition) is 3. The number of piperidine rings is 1. The summed E-state index contributed by atoms with van der Waals surface area (Å²) >= 11 is 0. The largest absolute Gasteiger partial charge is 0.357 e. The molecule has 25 heavy (non-hydrogen) atoms. The van der Waals surface area contributed by atoms with Crippen LogP contribution in [0.3, 0.4) is 0 Å². The first-order chi connectivity index (χ1) is 12.0. The fourth-order valence-electron chi connectivity index (χ4n) is 3.63. The SMILES string of the molecule is CCNC(=NCC(C)(C)N1CCCCC1)NCCC(=O)N1CCCC1. The van der Waals surface area contributed by atoms with Crippen molar-refractivity contribution in [1.29, 1.82) is 0 Å². The molecule has 6 nitrogen and oxygen atoms in total. The second-order valence-corrected chi connectivity index (χ2v) is 7.82. The molecular formula is C19H37N5O. The third-order valence-electron chi connectivity index (χ3n) is 5.27. The van der Waals surface area contributed by atoms with E-state index < -0.39 is 0 Å². The van der Waals surface area contributed by atoms with Crippen molar-refractivity contribution in [3.05, 3.63) is 0 Å². The van der Waals surface area contributed by atoms with Gasteiger partial charge in [0.2, 0.25) is 5.91 Å². The molecule has 2 fully saturated rings. The Hall–Kier alpha value is -1.30. The number of aliphatic imine (C=N–C) groups is 1. The molecule has 144 valence electrons. The molecular weight excluding hydrogens is 314 g/mol. The highest BCUT2D eigenvalue weighted by Crippen LogP contribution is 2.20. The summed E-state index contributed by atoms with van der Waals surface area (Å²) in [4.78, 5) is 21.4. The number of carbonyl (C=O) groups is 1. The second-order valence-electron chi connectivity index (χ2n) is 7.82. The van der Waals surface area contributed by atoms with Gasteiger partial charge >= 0.3 is 0 Å². The van der Waals surface area contributed by atoms with Crippen molar-refractivity contribution in [2.24, 2.45) is 4.99 Å². The van der Waals surface area contributed by atoms with Crippen LogP contribution < -0.4 is 10.6 Å². The average molecular weight is 352 g/mol. The van der Waals surface area contributed by atoms with Crippen LogP contribution in [0.4, 0.5) is 0 Å². The minimum atomic E-state index is 0.0775. The van der Waals surface area contributed by atoms with E-state index in [9.17, 15) is 4.79 Å². The van der Waals surface area contributed by atoms with Gasteiger partial charge in [-0.25, -0.2) is 0 Å². The van der Waals surface area contributed by atoms with Crippen molar-refractivity contribution in [3.63, 3.8) is 0 Å².